The number of benzene rings is 2. The zero-order valence-corrected chi connectivity index (χ0v) is 18.2. The molecule has 4 aromatic rings. The highest BCUT2D eigenvalue weighted by molar-refractivity contribution is 5.96. The molecular formula is C26H24N4O2. The van der Waals surface area contributed by atoms with Gasteiger partial charge in [0, 0.05) is 35.8 Å². The smallest absolute Gasteiger partial charge is 0.251 e. The van der Waals surface area contributed by atoms with Crippen molar-refractivity contribution in [2.45, 2.75) is 26.8 Å². The number of ether oxygens (including phenoxy) is 1. The van der Waals surface area contributed by atoms with Crippen LogP contribution in [0.3, 0.4) is 0 Å². The maximum Gasteiger partial charge on any atom is 0.251 e. The van der Waals surface area contributed by atoms with E-state index in [4.69, 9.17) is 4.74 Å². The van der Waals surface area contributed by atoms with E-state index in [1.165, 1.54) is 5.56 Å². The fourth-order valence-electron chi connectivity index (χ4n) is 3.22. The predicted octanol–water partition coefficient (Wildman–Crippen LogP) is 5.44. The molecule has 2 heterocycles. The Balaban J connectivity index is 1.65. The van der Waals surface area contributed by atoms with Crippen LogP contribution in [0.25, 0.3) is 11.1 Å². The molecule has 0 bridgehead atoms. The van der Waals surface area contributed by atoms with Crippen LogP contribution in [0.15, 0.2) is 79.3 Å². The molecule has 0 saturated heterocycles. The summed E-state index contributed by atoms with van der Waals surface area (Å²) in [6.07, 6.45) is 5.12. The Morgan fingerprint density at radius 3 is 2.34 bits per heavy atom. The van der Waals surface area contributed by atoms with Gasteiger partial charge < -0.3 is 10.1 Å². The number of hydrogen-bond donors (Lipinski definition) is 1. The third kappa shape index (κ3) is 5.16. The topological polar surface area (TPSA) is 77.0 Å². The van der Waals surface area contributed by atoms with Crippen molar-refractivity contribution in [3.8, 4) is 22.8 Å². The molecule has 0 radical (unpaired) electrons. The molecule has 0 spiro atoms. The monoisotopic (exact) mass is 424 g/mol. The van der Waals surface area contributed by atoms with E-state index in [0.717, 1.165) is 16.7 Å². The standard InChI is InChI=1S/C26H24N4O2/c1-17-7-9-20(10-8-17)21-12-22(14-24(13-21)32-25-6-4-5-11-27-25)26(31)30-18(2)23-15-28-19(3)29-16-23/h4-16,18H,1-3H3,(H,30,31)/t18-/m1/s1. The summed E-state index contributed by atoms with van der Waals surface area (Å²) in [6, 6.07) is 18.9. The van der Waals surface area contributed by atoms with Crippen LogP contribution < -0.4 is 10.1 Å². The summed E-state index contributed by atoms with van der Waals surface area (Å²) in [5, 5.41) is 3.02. The van der Waals surface area contributed by atoms with Gasteiger partial charge in [-0.15, -0.1) is 0 Å². The number of pyridine rings is 1. The van der Waals surface area contributed by atoms with Crippen molar-refractivity contribution in [3.05, 3.63) is 102 Å². The van der Waals surface area contributed by atoms with Gasteiger partial charge in [0.15, 0.2) is 0 Å². The minimum absolute atomic E-state index is 0.210. The second kappa shape index (κ2) is 9.39. The maximum absolute atomic E-state index is 13.1. The Kier molecular flexibility index (Phi) is 6.22. The van der Waals surface area contributed by atoms with Gasteiger partial charge in [-0.3, -0.25) is 4.79 Å². The lowest BCUT2D eigenvalue weighted by atomic mass is 10.0. The van der Waals surface area contributed by atoms with E-state index in [1.807, 2.05) is 69.3 Å². The van der Waals surface area contributed by atoms with E-state index in [1.54, 1.807) is 30.7 Å². The molecule has 2 aromatic heterocycles. The van der Waals surface area contributed by atoms with Crippen molar-refractivity contribution >= 4 is 5.91 Å². The molecule has 1 N–H and O–H groups in total. The number of nitrogens with zero attached hydrogens (tertiary/aromatic N) is 3. The summed E-state index contributed by atoms with van der Waals surface area (Å²) >= 11 is 0. The van der Waals surface area contributed by atoms with Crippen molar-refractivity contribution < 1.29 is 9.53 Å². The van der Waals surface area contributed by atoms with Crippen molar-refractivity contribution in [3.63, 3.8) is 0 Å². The first kappa shape index (κ1) is 21.2. The third-order valence-corrected chi connectivity index (χ3v) is 5.06. The van der Waals surface area contributed by atoms with Crippen LogP contribution in [0.1, 0.15) is 40.3 Å². The largest absolute Gasteiger partial charge is 0.439 e. The summed E-state index contributed by atoms with van der Waals surface area (Å²) in [7, 11) is 0. The number of aromatic nitrogens is 3. The van der Waals surface area contributed by atoms with Crippen molar-refractivity contribution in [1.82, 2.24) is 20.3 Å². The fourth-order valence-corrected chi connectivity index (χ4v) is 3.22. The Bertz CT molecular complexity index is 1210. The number of nitrogens with one attached hydrogen (secondary N) is 1. The molecule has 0 aliphatic heterocycles. The third-order valence-electron chi connectivity index (χ3n) is 5.06. The fraction of sp³-hybridized carbons (Fsp3) is 0.154. The Labute approximate surface area is 187 Å². The lowest BCUT2D eigenvalue weighted by molar-refractivity contribution is 0.0939. The zero-order chi connectivity index (χ0) is 22.5. The summed E-state index contributed by atoms with van der Waals surface area (Å²) < 4.78 is 5.95. The minimum atomic E-state index is -0.244. The van der Waals surface area contributed by atoms with E-state index in [-0.39, 0.29) is 11.9 Å². The first-order valence-corrected chi connectivity index (χ1v) is 10.4. The molecule has 4 rings (SSSR count). The normalized spacial score (nSPS) is 11.6. The lowest BCUT2D eigenvalue weighted by Gasteiger charge is -2.15. The molecular weight excluding hydrogens is 400 g/mol. The number of rotatable bonds is 6. The highest BCUT2D eigenvalue weighted by Gasteiger charge is 2.15. The lowest BCUT2D eigenvalue weighted by Crippen LogP contribution is -2.27. The Hall–Kier alpha value is -4.06. The first-order valence-electron chi connectivity index (χ1n) is 10.4. The van der Waals surface area contributed by atoms with Crippen LogP contribution in [0.5, 0.6) is 11.6 Å². The van der Waals surface area contributed by atoms with E-state index in [9.17, 15) is 4.79 Å². The number of carbonyl (C=O) groups excluding carboxylic acids is 1. The van der Waals surface area contributed by atoms with Gasteiger partial charge in [0.25, 0.3) is 5.91 Å². The molecule has 2 aromatic carbocycles. The van der Waals surface area contributed by atoms with E-state index in [2.05, 4.69) is 20.3 Å². The van der Waals surface area contributed by atoms with Crippen LogP contribution >= 0.6 is 0 Å². The average molecular weight is 425 g/mol. The van der Waals surface area contributed by atoms with Gasteiger partial charge >= 0.3 is 0 Å². The highest BCUT2D eigenvalue weighted by atomic mass is 16.5. The van der Waals surface area contributed by atoms with Crippen LogP contribution in [-0.4, -0.2) is 20.9 Å². The molecule has 0 aliphatic rings. The van der Waals surface area contributed by atoms with E-state index in [0.29, 0.717) is 23.0 Å². The molecule has 0 aliphatic carbocycles. The quantitative estimate of drug-likeness (QED) is 0.446. The number of hydrogen-bond acceptors (Lipinski definition) is 5. The Morgan fingerprint density at radius 2 is 1.66 bits per heavy atom. The summed E-state index contributed by atoms with van der Waals surface area (Å²) in [5.41, 5.74) is 4.38. The van der Waals surface area contributed by atoms with Gasteiger partial charge in [-0.1, -0.05) is 35.9 Å². The van der Waals surface area contributed by atoms with Crippen molar-refractivity contribution in [2.24, 2.45) is 0 Å². The van der Waals surface area contributed by atoms with E-state index < -0.39 is 0 Å². The maximum atomic E-state index is 13.1. The van der Waals surface area contributed by atoms with Crippen LogP contribution in [0.4, 0.5) is 0 Å². The molecule has 0 saturated carbocycles. The highest BCUT2D eigenvalue weighted by Crippen LogP contribution is 2.29. The average Bonchev–Trinajstić information content (AvgIpc) is 2.80. The number of carbonyl (C=O) groups is 1. The van der Waals surface area contributed by atoms with Gasteiger partial charge in [-0.2, -0.15) is 0 Å². The van der Waals surface area contributed by atoms with Crippen LogP contribution in [-0.2, 0) is 0 Å². The molecule has 6 heteroatoms. The van der Waals surface area contributed by atoms with Gasteiger partial charge in [-0.25, -0.2) is 15.0 Å². The molecule has 6 nitrogen and oxygen atoms in total. The molecule has 0 unspecified atom stereocenters. The van der Waals surface area contributed by atoms with Gasteiger partial charge in [-0.05, 0) is 56.2 Å². The molecule has 160 valence electrons. The molecule has 1 amide bonds. The zero-order valence-electron chi connectivity index (χ0n) is 18.2. The SMILES string of the molecule is Cc1ccc(-c2cc(Oc3ccccn3)cc(C(=O)N[C@H](C)c3cnc(C)nc3)c2)cc1. The van der Waals surface area contributed by atoms with Gasteiger partial charge in [0.1, 0.15) is 11.6 Å². The van der Waals surface area contributed by atoms with Crippen molar-refractivity contribution in [1.29, 1.82) is 0 Å². The second-order valence-electron chi connectivity index (χ2n) is 7.64. The summed E-state index contributed by atoms with van der Waals surface area (Å²) in [5.74, 6) is 1.48. The van der Waals surface area contributed by atoms with Gasteiger partial charge in [0.2, 0.25) is 5.88 Å². The molecule has 0 fully saturated rings. The number of amides is 1. The van der Waals surface area contributed by atoms with Gasteiger partial charge in [0.05, 0.1) is 6.04 Å². The summed E-state index contributed by atoms with van der Waals surface area (Å²) in [6.45, 7) is 5.77. The van der Waals surface area contributed by atoms with E-state index >= 15 is 0 Å². The van der Waals surface area contributed by atoms with Crippen LogP contribution in [0.2, 0.25) is 0 Å². The molecule has 32 heavy (non-hydrogen) atoms. The van der Waals surface area contributed by atoms with Crippen molar-refractivity contribution in [2.75, 3.05) is 0 Å². The predicted molar refractivity (Wildman–Crippen MR) is 124 cm³/mol. The minimum Gasteiger partial charge on any atom is -0.439 e. The second-order valence-corrected chi connectivity index (χ2v) is 7.64. The summed E-state index contributed by atoms with van der Waals surface area (Å²) in [4.78, 5) is 25.8. The number of aryl methyl sites for hydroxylation is 2. The van der Waals surface area contributed by atoms with Crippen LogP contribution in [0, 0.1) is 13.8 Å². The molecule has 1 atom stereocenters. The Morgan fingerprint density at radius 1 is 0.906 bits per heavy atom. The first-order chi connectivity index (χ1) is 15.5.